The third kappa shape index (κ3) is 5.19. The van der Waals surface area contributed by atoms with Crippen LogP contribution in [-0.4, -0.2) is 5.91 Å². The third-order valence-electron chi connectivity index (χ3n) is 4.26. The van der Waals surface area contributed by atoms with Crippen molar-refractivity contribution in [1.82, 2.24) is 0 Å². The first-order valence-corrected chi connectivity index (χ1v) is 8.69. The van der Waals surface area contributed by atoms with Crippen LogP contribution in [0.15, 0.2) is 53.1 Å². The number of carbonyl (C=O) groups excluding carboxylic acids is 1. The predicted octanol–water partition coefficient (Wildman–Crippen LogP) is 5.14. The molecular formula is C22H23N3O. The number of hydrogen-bond acceptors (Lipinski definition) is 3. The Kier molecular flexibility index (Phi) is 6.15. The average molecular weight is 345 g/mol. The van der Waals surface area contributed by atoms with Crippen LogP contribution in [0.3, 0.4) is 0 Å². The van der Waals surface area contributed by atoms with Gasteiger partial charge in [-0.2, -0.15) is 10.5 Å². The number of anilines is 1. The van der Waals surface area contributed by atoms with Gasteiger partial charge in [-0.1, -0.05) is 51.1 Å². The Balaban J connectivity index is 2.21. The molecule has 4 nitrogen and oxygen atoms in total. The lowest BCUT2D eigenvalue weighted by Crippen LogP contribution is -2.17. The van der Waals surface area contributed by atoms with Crippen molar-refractivity contribution < 1.29 is 4.79 Å². The van der Waals surface area contributed by atoms with Crippen molar-refractivity contribution in [2.75, 3.05) is 5.32 Å². The largest absolute Gasteiger partial charge is 0.326 e. The van der Waals surface area contributed by atoms with E-state index in [1.165, 1.54) is 0 Å². The zero-order valence-electron chi connectivity index (χ0n) is 15.5. The number of nitrogens with one attached hydrogen (secondary N) is 1. The molecule has 1 amide bonds. The fraction of sp³-hybridized carbons (Fsp3) is 0.318. The number of rotatable bonds is 4. The van der Waals surface area contributed by atoms with Crippen molar-refractivity contribution in [3.63, 3.8) is 0 Å². The van der Waals surface area contributed by atoms with Crippen LogP contribution in [-0.2, 0) is 4.79 Å². The molecule has 132 valence electrons. The molecule has 0 saturated carbocycles. The molecule has 0 fully saturated rings. The normalized spacial score (nSPS) is 15.7. The number of nitrogens with zero attached hydrogens (tertiary/aromatic N) is 2. The second-order valence-corrected chi connectivity index (χ2v) is 7.22. The first-order chi connectivity index (χ1) is 12.4. The van der Waals surface area contributed by atoms with E-state index in [1.807, 2.05) is 61.6 Å². The Morgan fingerprint density at radius 1 is 1.15 bits per heavy atom. The molecule has 1 aliphatic carbocycles. The molecule has 4 heteroatoms. The molecule has 0 saturated heterocycles. The lowest BCUT2D eigenvalue weighted by molar-refractivity contribution is -0.115. The Hall–Kier alpha value is -3.11. The van der Waals surface area contributed by atoms with Gasteiger partial charge in [0.1, 0.15) is 17.7 Å². The minimum Gasteiger partial charge on any atom is -0.326 e. The molecule has 0 unspecified atom stereocenters. The summed E-state index contributed by atoms with van der Waals surface area (Å²) in [5.41, 5.74) is 3.92. The van der Waals surface area contributed by atoms with Gasteiger partial charge < -0.3 is 5.32 Å². The van der Waals surface area contributed by atoms with Crippen molar-refractivity contribution in [3.05, 3.63) is 58.7 Å². The van der Waals surface area contributed by atoms with Crippen LogP contribution in [0.25, 0.3) is 6.08 Å². The van der Waals surface area contributed by atoms with Crippen molar-refractivity contribution in [2.45, 2.75) is 40.0 Å². The van der Waals surface area contributed by atoms with Gasteiger partial charge in [0.25, 0.3) is 0 Å². The Bertz CT molecular complexity index is 840. The van der Waals surface area contributed by atoms with Crippen molar-refractivity contribution in [1.29, 1.82) is 10.5 Å². The van der Waals surface area contributed by atoms with Crippen molar-refractivity contribution in [2.24, 2.45) is 5.41 Å². The molecule has 1 aromatic carbocycles. The van der Waals surface area contributed by atoms with Gasteiger partial charge in [0, 0.05) is 12.1 Å². The lowest BCUT2D eigenvalue weighted by Gasteiger charge is -2.30. The van der Waals surface area contributed by atoms with Gasteiger partial charge in [-0.15, -0.1) is 0 Å². The van der Waals surface area contributed by atoms with Crippen LogP contribution < -0.4 is 5.32 Å². The summed E-state index contributed by atoms with van der Waals surface area (Å²) < 4.78 is 0. The van der Waals surface area contributed by atoms with E-state index in [9.17, 15) is 4.79 Å². The van der Waals surface area contributed by atoms with Crippen LogP contribution in [0, 0.1) is 28.1 Å². The first kappa shape index (κ1) is 19.2. The van der Waals surface area contributed by atoms with E-state index in [4.69, 9.17) is 10.5 Å². The number of nitriles is 2. The van der Waals surface area contributed by atoms with Gasteiger partial charge in [0.2, 0.25) is 5.91 Å². The maximum Gasteiger partial charge on any atom is 0.224 e. The van der Waals surface area contributed by atoms with E-state index in [2.05, 4.69) is 19.2 Å². The molecule has 0 aliphatic heterocycles. The second-order valence-electron chi connectivity index (χ2n) is 7.22. The summed E-state index contributed by atoms with van der Waals surface area (Å²) in [6, 6.07) is 11.6. The summed E-state index contributed by atoms with van der Waals surface area (Å²) in [6.45, 7) is 6.11. The zero-order valence-corrected chi connectivity index (χ0v) is 15.5. The Morgan fingerprint density at radius 3 is 2.38 bits per heavy atom. The molecule has 0 atom stereocenters. The predicted molar refractivity (Wildman–Crippen MR) is 104 cm³/mol. The summed E-state index contributed by atoms with van der Waals surface area (Å²) in [4.78, 5) is 11.4. The maximum atomic E-state index is 11.4. The van der Waals surface area contributed by atoms with Crippen LogP contribution >= 0.6 is 0 Å². The molecule has 26 heavy (non-hydrogen) atoms. The number of benzene rings is 1. The standard InChI is InChI=1S/C22H23N3O/c1-4-21(26)25-20-9-7-16(8-10-20)5-6-17-11-18(19(14-23)15-24)13-22(2,3)12-17/h5-11H,4,12-13H2,1-3H3,(H,25,26). The zero-order chi connectivity index (χ0) is 19.2. The molecule has 0 radical (unpaired) electrons. The minimum atomic E-state index is -0.00649. The van der Waals surface area contributed by atoms with E-state index in [0.717, 1.165) is 35.2 Å². The summed E-state index contributed by atoms with van der Waals surface area (Å²) in [5, 5.41) is 21.1. The van der Waals surface area contributed by atoms with Crippen molar-refractivity contribution >= 4 is 17.7 Å². The highest BCUT2D eigenvalue weighted by Gasteiger charge is 2.26. The fourth-order valence-corrected chi connectivity index (χ4v) is 3.02. The fourth-order valence-electron chi connectivity index (χ4n) is 3.02. The van der Waals surface area contributed by atoms with Gasteiger partial charge in [0.15, 0.2) is 0 Å². The number of hydrogen-bond donors (Lipinski definition) is 1. The highest BCUT2D eigenvalue weighted by Crippen LogP contribution is 2.39. The van der Waals surface area contributed by atoms with E-state index in [0.29, 0.717) is 6.42 Å². The molecule has 2 rings (SSSR count). The van der Waals surface area contributed by atoms with Crippen LogP contribution in [0.4, 0.5) is 5.69 Å². The highest BCUT2D eigenvalue weighted by atomic mass is 16.1. The average Bonchev–Trinajstić information content (AvgIpc) is 2.61. The van der Waals surface area contributed by atoms with E-state index in [1.54, 1.807) is 0 Å². The summed E-state index contributed by atoms with van der Waals surface area (Å²) in [6.07, 6.45) is 8.07. The van der Waals surface area contributed by atoms with Gasteiger partial charge in [-0.25, -0.2) is 0 Å². The van der Waals surface area contributed by atoms with Crippen LogP contribution in [0.5, 0.6) is 0 Å². The monoisotopic (exact) mass is 345 g/mol. The molecule has 0 heterocycles. The van der Waals surface area contributed by atoms with Crippen molar-refractivity contribution in [3.8, 4) is 12.1 Å². The Morgan fingerprint density at radius 2 is 1.81 bits per heavy atom. The first-order valence-electron chi connectivity index (χ1n) is 8.69. The smallest absolute Gasteiger partial charge is 0.224 e. The molecule has 1 aromatic rings. The lowest BCUT2D eigenvalue weighted by atomic mass is 9.74. The highest BCUT2D eigenvalue weighted by molar-refractivity contribution is 5.90. The summed E-state index contributed by atoms with van der Waals surface area (Å²) in [5.74, 6) is -0.00649. The molecule has 0 aromatic heterocycles. The van der Waals surface area contributed by atoms with E-state index in [-0.39, 0.29) is 16.9 Å². The second kappa shape index (κ2) is 8.32. The minimum absolute atomic E-state index is 0.00649. The molecule has 1 N–H and O–H groups in total. The summed E-state index contributed by atoms with van der Waals surface area (Å²) >= 11 is 0. The molecule has 0 spiro atoms. The van der Waals surface area contributed by atoms with Gasteiger partial charge in [0.05, 0.1) is 0 Å². The Labute approximate surface area is 155 Å². The quantitative estimate of drug-likeness (QED) is 0.768. The third-order valence-corrected chi connectivity index (χ3v) is 4.26. The van der Waals surface area contributed by atoms with E-state index >= 15 is 0 Å². The number of carbonyl (C=O) groups is 1. The number of amides is 1. The van der Waals surface area contributed by atoms with Gasteiger partial charge in [-0.05, 0) is 47.1 Å². The molecule has 0 bridgehead atoms. The summed E-state index contributed by atoms with van der Waals surface area (Å²) in [7, 11) is 0. The number of allylic oxidation sites excluding steroid dienone is 5. The molecular weight excluding hydrogens is 322 g/mol. The molecule has 1 aliphatic rings. The van der Waals surface area contributed by atoms with Crippen LogP contribution in [0.2, 0.25) is 0 Å². The van der Waals surface area contributed by atoms with Crippen LogP contribution in [0.1, 0.15) is 45.6 Å². The van der Waals surface area contributed by atoms with E-state index < -0.39 is 0 Å². The van der Waals surface area contributed by atoms with Gasteiger partial charge in [-0.3, -0.25) is 4.79 Å². The van der Waals surface area contributed by atoms with Gasteiger partial charge >= 0.3 is 0 Å². The SMILES string of the molecule is CCC(=O)Nc1ccc(C=CC2=CC(=C(C#N)C#N)CC(C)(C)C2)cc1. The maximum absolute atomic E-state index is 11.4. The topological polar surface area (TPSA) is 76.7 Å².